The van der Waals surface area contributed by atoms with Gasteiger partial charge in [-0.05, 0) is 39.5 Å². The van der Waals surface area contributed by atoms with E-state index in [1.54, 1.807) is 0 Å². The molecule has 2 atom stereocenters. The lowest BCUT2D eigenvalue weighted by Crippen LogP contribution is -2.41. The van der Waals surface area contributed by atoms with Crippen LogP contribution in [0.15, 0.2) is 0 Å². The molecule has 2 heteroatoms. The molecule has 1 rings (SSSR count). The first-order valence-corrected chi connectivity index (χ1v) is 6.16. The summed E-state index contributed by atoms with van der Waals surface area (Å²) >= 11 is 0. The monoisotopic (exact) mass is 211 g/mol. The minimum atomic E-state index is 0.0515. The van der Waals surface area contributed by atoms with Gasteiger partial charge >= 0.3 is 0 Å². The van der Waals surface area contributed by atoms with E-state index in [1.807, 2.05) is 0 Å². The predicted octanol–water partition coefficient (Wildman–Crippen LogP) is 2.77. The second-order valence-electron chi connectivity index (χ2n) is 6.04. The van der Waals surface area contributed by atoms with Crippen LogP contribution in [-0.2, 0) is 4.79 Å². The highest BCUT2D eigenvalue weighted by Crippen LogP contribution is 2.28. The molecule has 0 aromatic rings. The van der Waals surface area contributed by atoms with Crippen LogP contribution in [0, 0.1) is 11.8 Å². The maximum absolute atomic E-state index is 11.9. The summed E-state index contributed by atoms with van der Waals surface area (Å²) in [5.41, 5.74) is 0.0515. The Morgan fingerprint density at radius 3 is 2.53 bits per heavy atom. The molecule has 0 amide bonds. The number of nitrogens with one attached hydrogen (secondary N) is 1. The van der Waals surface area contributed by atoms with E-state index < -0.39 is 0 Å². The molecule has 2 nitrogen and oxygen atoms in total. The summed E-state index contributed by atoms with van der Waals surface area (Å²) in [5, 5.41) is 3.28. The van der Waals surface area contributed by atoms with E-state index in [-0.39, 0.29) is 5.54 Å². The molecule has 88 valence electrons. The Labute approximate surface area is 93.8 Å². The zero-order chi connectivity index (χ0) is 11.5. The molecular weight excluding hydrogens is 186 g/mol. The smallest absolute Gasteiger partial charge is 0.149 e. The van der Waals surface area contributed by atoms with E-state index in [4.69, 9.17) is 0 Å². The van der Waals surface area contributed by atoms with Crippen molar-refractivity contribution in [3.8, 4) is 0 Å². The zero-order valence-electron chi connectivity index (χ0n) is 10.6. The fourth-order valence-corrected chi connectivity index (χ4v) is 2.22. The summed E-state index contributed by atoms with van der Waals surface area (Å²) in [5.74, 6) is 1.47. The highest BCUT2D eigenvalue weighted by atomic mass is 16.1. The summed E-state index contributed by atoms with van der Waals surface area (Å²) in [4.78, 5) is 11.9. The molecule has 0 heterocycles. The highest BCUT2D eigenvalue weighted by molar-refractivity contribution is 5.83. The molecule has 0 aromatic heterocycles. The maximum atomic E-state index is 11.9. The average molecular weight is 211 g/mol. The fourth-order valence-electron chi connectivity index (χ4n) is 2.22. The minimum absolute atomic E-state index is 0.0515. The quantitative estimate of drug-likeness (QED) is 0.777. The van der Waals surface area contributed by atoms with Gasteiger partial charge in [-0.1, -0.05) is 19.8 Å². The predicted molar refractivity (Wildman–Crippen MR) is 63.9 cm³/mol. The van der Waals surface area contributed by atoms with Crippen LogP contribution in [0.3, 0.4) is 0 Å². The fraction of sp³-hybridized carbons (Fsp3) is 0.923. The van der Waals surface area contributed by atoms with E-state index in [0.717, 1.165) is 18.8 Å². The Morgan fingerprint density at radius 1 is 1.33 bits per heavy atom. The zero-order valence-corrected chi connectivity index (χ0v) is 10.6. The third kappa shape index (κ3) is 4.78. The molecule has 0 radical (unpaired) electrons. The molecule has 15 heavy (non-hydrogen) atoms. The molecule has 0 spiro atoms. The molecule has 1 N–H and O–H groups in total. The summed E-state index contributed by atoms with van der Waals surface area (Å²) in [6.45, 7) is 9.11. The van der Waals surface area contributed by atoms with Crippen LogP contribution in [-0.4, -0.2) is 17.9 Å². The molecule has 0 aliphatic heterocycles. The van der Waals surface area contributed by atoms with Gasteiger partial charge in [-0.25, -0.2) is 0 Å². The number of carbonyl (C=O) groups excluding carboxylic acids is 1. The van der Waals surface area contributed by atoms with Gasteiger partial charge in [0.1, 0.15) is 5.78 Å². The standard InChI is InChI=1S/C13H25NO/c1-10-6-5-7-11(8-10)12(15)9-14-13(2,3)4/h10-11,14H,5-9H2,1-4H3. The summed E-state index contributed by atoms with van der Waals surface area (Å²) in [6.07, 6.45) is 4.74. The van der Waals surface area contributed by atoms with Gasteiger partial charge in [-0.2, -0.15) is 0 Å². The first-order chi connectivity index (χ1) is 6.88. The molecule has 0 bridgehead atoms. The number of rotatable bonds is 3. The van der Waals surface area contributed by atoms with Gasteiger partial charge in [0.25, 0.3) is 0 Å². The Bertz CT molecular complexity index is 217. The molecule has 1 aliphatic rings. The van der Waals surface area contributed by atoms with Crippen LogP contribution in [0.5, 0.6) is 0 Å². The van der Waals surface area contributed by atoms with Crippen molar-refractivity contribution in [1.29, 1.82) is 0 Å². The molecule has 1 aliphatic carbocycles. The van der Waals surface area contributed by atoms with Crippen molar-refractivity contribution >= 4 is 5.78 Å². The van der Waals surface area contributed by atoms with Crippen molar-refractivity contribution in [2.24, 2.45) is 11.8 Å². The van der Waals surface area contributed by atoms with E-state index in [2.05, 4.69) is 33.0 Å². The molecular formula is C13H25NO. The lowest BCUT2D eigenvalue weighted by Gasteiger charge is -2.27. The SMILES string of the molecule is CC1CCCC(C(=O)CNC(C)(C)C)C1. The van der Waals surface area contributed by atoms with Gasteiger partial charge < -0.3 is 5.32 Å². The van der Waals surface area contributed by atoms with Crippen LogP contribution >= 0.6 is 0 Å². The molecule has 2 unspecified atom stereocenters. The van der Waals surface area contributed by atoms with E-state index in [9.17, 15) is 4.79 Å². The van der Waals surface area contributed by atoms with Gasteiger partial charge in [-0.15, -0.1) is 0 Å². The van der Waals surface area contributed by atoms with Crippen molar-refractivity contribution in [3.05, 3.63) is 0 Å². The van der Waals surface area contributed by atoms with Crippen LogP contribution in [0.2, 0.25) is 0 Å². The Balaban J connectivity index is 2.33. The number of carbonyl (C=O) groups is 1. The first kappa shape index (κ1) is 12.7. The minimum Gasteiger partial charge on any atom is -0.305 e. The third-order valence-corrected chi connectivity index (χ3v) is 3.18. The first-order valence-electron chi connectivity index (χ1n) is 6.16. The van der Waals surface area contributed by atoms with Crippen LogP contribution in [0.25, 0.3) is 0 Å². The summed E-state index contributed by atoms with van der Waals surface area (Å²) in [7, 11) is 0. The van der Waals surface area contributed by atoms with Crippen LogP contribution in [0.1, 0.15) is 53.4 Å². The average Bonchev–Trinajstić information content (AvgIpc) is 2.13. The summed E-state index contributed by atoms with van der Waals surface area (Å²) < 4.78 is 0. The molecule has 0 saturated heterocycles. The second-order valence-corrected chi connectivity index (χ2v) is 6.04. The van der Waals surface area contributed by atoms with Gasteiger partial charge in [-0.3, -0.25) is 4.79 Å². The van der Waals surface area contributed by atoms with Crippen molar-refractivity contribution in [3.63, 3.8) is 0 Å². The van der Waals surface area contributed by atoms with Crippen molar-refractivity contribution in [1.82, 2.24) is 5.32 Å². The van der Waals surface area contributed by atoms with Crippen molar-refractivity contribution in [2.45, 2.75) is 58.9 Å². The lowest BCUT2D eigenvalue weighted by molar-refractivity contribution is -0.123. The highest BCUT2D eigenvalue weighted by Gasteiger charge is 2.25. The molecule has 0 aromatic carbocycles. The van der Waals surface area contributed by atoms with E-state index >= 15 is 0 Å². The number of ketones is 1. The second kappa shape index (κ2) is 5.11. The Morgan fingerprint density at radius 2 is 2.00 bits per heavy atom. The van der Waals surface area contributed by atoms with Gasteiger partial charge in [0, 0.05) is 11.5 Å². The Hall–Kier alpha value is -0.370. The summed E-state index contributed by atoms with van der Waals surface area (Å²) in [6, 6.07) is 0. The van der Waals surface area contributed by atoms with Gasteiger partial charge in [0.2, 0.25) is 0 Å². The molecule has 1 fully saturated rings. The molecule has 1 saturated carbocycles. The van der Waals surface area contributed by atoms with E-state index in [0.29, 0.717) is 18.2 Å². The number of hydrogen-bond donors (Lipinski definition) is 1. The van der Waals surface area contributed by atoms with Crippen molar-refractivity contribution in [2.75, 3.05) is 6.54 Å². The van der Waals surface area contributed by atoms with Gasteiger partial charge in [0.05, 0.1) is 6.54 Å². The largest absolute Gasteiger partial charge is 0.305 e. The van der Waals surface area contributed by atoms with Crippen LogP contribution < -0.4 is 5.32 Å². The third-order valence-electron chi connectivity index (χ3n) is 3.18. The van der Waals surface area contributed by atoms with E-state index in [1.165, 1.54) is 12.8 Å². The van der Waals surface area contributed by atoms with Crippen LogP contribution in [0.4, 0.5) is 0 Å². The topological polar surface area (TPSA) is 29.1 Å². The van der Waals surface area contributed by atoms with Crippen molar-refractivity contribution < 1.29 is 4.79 Å². The number of Topliss-reactive ketones (excluding diaryl/α,β-unsaturated/α-hetero) is 1. The maximum Gasteiger partial charge on any atom is 0.149 e. The normalized spacial score (nSPS) is 27.7. The Kier molecular flexibility index (Phi) is 4.32. The van der Waals surface area contributed by atoms with Gasteiger partial charge in [0.15, 0.2) is 0 Å². The number of hydrogen-bond acceptors (Lipinski definition) is 2. The lowest BCUT2D eigenvalue weighted by atomic mass is 9.80.